The van der Waals surface area contributed by atoms with E-state index in [0.29, 0.717) is 22.6 Å². The van der Waals surface area contributed by atoms with Gasteiger partial charge in [-0.05, 0) is 30.7 Å². The van der Waals surface area contributed by atoms with Crippen molar-refractivity contribution in [2.45, 2.75) is 37.1 Å². The molecule has 0 aliphatic rings. The van der Waals surface area contributed by atoms with Gasteiger partial charge in [-0.1, -0.05) is 30.3 Å². The number of nitrogens with one attached hydrogen (secondary N) is 1. The first-order chi connectivity index (χ1) is 11.8. The van der Waals surface area contributed by atoms with Gasteiger partial charge >= 0.3 is 0 Å². The average molecular weight is 345 g/mol. The monoisotopic (exact) mass is 345 g/mol. The van der Waals surface area contributed by atoms with Crippen LogP contribution < -0.4 is 4.74 Å². The minimum absolute atomic E-state index is 0.555. The summed E-state index contributed by atoms with van der Waals surface area (Å²) in [7, 11) is 1.64. The molecule has 0 bridgehead atoms. The summed E-state index contributed by atoms with van der Waals surface area (Å²) >= 11 is 1.46. The number of nitrogens with zero attached hydrogens (tertiary/aromatic N) is 4. The average Bonchev–Trinajstić information content (AvgIpc) is 3.27. The molecule has 7 nitrogen and oxygen atoms in total. The number of H-pyrrole nitrogens is 1. The number of hydrogen-bond donors (Lipinski definition) is 1. The number of thioether (sulfide) groups is 1. The Bertz CT molecular complexity index is 769. The largest absolute Gasteiger partial charge is 0.497 e. The molecule has 0 amide bonds. The highest BCUT2D eigenvalue weighted by atomic mass is 32.2. The Balaban J connectivity index is 1.58. The molecule has 0 unspecified atom stereocenters. The van der Waals surface area contributed by atoms with E-state index in [4.69, 9.17) is 9.26 Å². The molecule has 0 spiro atoms. The number of rotatable bonds is 8. The highest BCUT2D eigenvalue weighted by Crippen LogP contribution is 2.23. The van der Waals surface area contributed by atoms with Gasteiger partial charge in [-0.3, -0.25) is 5.10 Å². The molecule has 0 aliphatic carbocycles. The standard InChI is InChI=1S/C16H19N5O2S/c1-3-4-5-13-17-14(23-21-13)10-24-16-18-15(19-20-16)11-6-8-12(22-2)9-7-11/h6-9H,3-5,10H2,1-2H3,(H,18,19,20). The van der Waals surface area contributed by atoms with E-state index >= 15 is 0 Å². The van der Waals surface area contributed by atoms with E-state index < -0.39 is 0 Å². The Morgan fingerprint density at radius 2 is 2.04 bits per heavy atom. The van der Waals surface area contributed by atoms with Crippen LogP contribution in [0.2, 0.25) is 0 Å². The maximum absolute atomic E-state index is 5.24. The van der Waals surface area contributed by atoms with Crippen molar-refractivity contribution >= 4 is 11.8 Å². The lowest BCUT2D eigenvalue weighted by atomic mass is 10.2. The van der Waals surface area contributed by atoms with E-state index in [1.54, 1.807) is 7.11 Å². The summed E-state index contributed by atoms with van der Waals surface area (Å²) in [5.74, 6) is 3.44. The fraction of sp³-hybridized carbons (Fsp3) is 0.375. The number of aromatic nitrogens is 5. The van der Waals surface area contributed by atoms with Gasteiger partial charge in [0, 0.05) is 12.0 Å². The zero-order valence-electron chi connectivity index (χ0n) is 13.7. The summed E-state index contributed by atoms with van der Waals surface area (Å²) in [6, 6.07) is 7.65. The molecule has 3 aromatic rings. The predicted molar refractivity (Wildman–Crippen MR) is 90.8 cm³/mol. The van der Waals surface area contributed by atoms with Gasteiger partial charge in [-0.25, -0.2) is 4.98 Å². The zero-order chi connectivity index (χ0) is 16.8. The van der Waals surface area contributed by atoms with Crippen molar-refractivity contribution in [3.8, 4) is 17.1 Å². The van der Waals surface area contributed by atoms with Crippen LogP contribution >= 0.6 is 11.8 Å². The molecule has 2 aromatic heterocycles. The van der Waals surface area contributed by atoms with Crippen molar-refractivity contribution in [3.05, 3.63) is 36.0 Å². The smallest absolute Gasteiger partial charge is 0.237 e. The molecule has 1 N–H and O–H groups in total. The Labute approximate surface area is 144 Å². The Hall–Kier alpha value is -2.35. The van der Waals surface area contributed by atoms with Gasteiger partial charge in [0.15, 0.2) is 11.6 Å². The molecule has 3 rings (SSSR count). The predicted octanol–water partition coefficient (Wildman–Crippen LogP) is 3.50. The summed E-state index contributed by atoms with van der Waals surface area (Å²) in [4.78, 5) is 8.84. The number of ether oxygens (including phenoxy) is 1. The number of benzene rings is 1. The molecule has 0 atom stereocenters. The van der Waals surface area contributed by atoms with Crippen LogP contribution in [0.25, 0.3) is 11.4 Å². The summed E-state index contributed by atoms with van der Waals surface area (Å²) < 4.78 is 10.4. The van der Waals surface area contributed by atoms with Gasteiger partial charge in [0.1, 0.15) is 5.75 Å². The summed E-state index contributed by atoms with van der Waals surface area (Å²) in [5, 5.41) is 11.8. The number of aryl methyl sites for hydroxylation is 1. The van der Waals surface area contributed by atoms with Crippen LogP contribution in [0, 0.1) is 0 Å². The summed E-state index contributed by atoms with van der Waals surface area (Å²) in [6.07, 6.45) is 3.04. The zero-order valence-corrected chi connectivity index (χ0v) is 14.5. The molecule has 1 aromatic carbocycles. The molecule has 0 saturated carbocycles. The summed E-state index contributed by atoms with van der Waals surface area (Å²) in [5.41, 5.74) is 0.954. The minimum Gasteiger partial charge on any atom is -0.497 e. The summed E-state index contributed by atoms with van der Waals surface area (Å²) in [6.45, 7) is 2.14. The normalized spacial score (nSPS) is 10.9. The van der Waals surface area contributed by atoms with Gasteiger partial charge < -0.3 is 9.26 Å². The molecule has 0 saturated heterocycles. The van der Waals surface area contributed by atoms with E-state index in [-0.39, 0.29) is 0 Å². The number of aromatic amines is 1. The minimum atomic E-state index is 0.555. The Morgan fingerprint density at radius 1 is 1.21 bits per heavy atom. The molecule has 0 aliphatic heterocycles. The number of unbranched alkanes of at least 4 members (excludes halogenated alkanes) is 1. The lowest BCUT2D eigenvalue weighted by Gasteiger charge is -1.99. The maximum Gasteiger partial charge on any atom is 0.237 e. The first-order valence-corrected chi connectivity index (χ1v) is 8.78. The van der Waals surface area contributed by atoms with Gasteiger partial charge in [-0.15, -0.1) is 5.10 Å². The maximum atomic E-state index is 5.24. The van der Waals surface area contributed by atoms with E-state index in [1.807, 2.05) is 24.3 Å². The van der Waals surface area contributed by atoms with E-state index in [2.05, 4.69) is 32.2 Å². The highest BCUT2D eigenvalue weighted by molar-refractivity contribution is 7.98. The van der Waals surface area contributed by atoms with Crippen molar-refractivity contribution in [1.29, 1.82) is 0 Å². The lowest BCUT2D eigenvalue weighted by molar-refractivity contribution is 0.384. The van der Waals surface area contributed by atoms with Crippen LogP contribution in [0.1, 0.15) is 31.5 Å². The Morgan fingerprint density at radius 3 is 2.79 bits per heavy atom. The van der Waals surface area contributed by atoms with Crippen LogP contribution in [0.5, 0.6) is 5.75 Å². The first kappa shape index (κ1) is 16.5. The number of hydrogen-bond acceptors (Lipinski definition) is 7. The second-order valence-corrected chi connectivity index (χ2v) is 6.13. The van der Waals surface area contributed by atoms with Crippen molar-refractivity contribution in [1.82, 2.24) is 25.3 Å². The van der Waals surface area contributed by atoms with Gasteiger partial charge in [0.2, 0.25) is 11.0 Å². The quantitative estimate of drug-likeness (QED) is 0.625. The first-order valence-electron chi connectivity index (χ1n) is 7.79. The molecular weight excluding hydrogens is 326 g/mol. The SMILES string of the molecule is CCCCc1noc(CSc2n[nH]c(-c3ccc(OC)cc3)n2)n1. The van der Waals surface area contributed by atoms with Crippen molar-refractivity contribution < 1.29 is 9.26 Å². The van der Waals surface area contributed by atoms with Crippen LogP contribution in [0.4, 0.5) is 0 Å². The van der Waals surface area contributed by atoms with Gasteiger partial charge in [0.25, 0.3) is 0 Å². The molecule has 0 radical (unpaired) electrons. The molecule has 2 heterocycles. The fourth-order valence-electron chi connectivity index (χ4n) is 2.10. The fourth-order valence-corrected chi connectivity index (χ4v) is 2.74. The van der Waals surface area contributed by atoms with Gasteiger partial charge in [0.05, 0.1) is 12.9 Å². The van der Waals surface area contributed by atoms with Crippen molar-refractivity contribution in [2.24, 2.45) is 0 Å². The number of methoxy groups -OCH3 is 1. The molecular formula is C16H19N5O2S. The second-order valence-electron chi connectivity index (χ2n) is 5.19. The van der Waals surface area contributed by atoms with E-state index in [0.717, 1.165) is 36.4 Å². The van der Waals surface area contributed by atoms with Crippen LogP contribution in [-0.4, -0.2) is 32.4 Å². The third-order valence-corrected chi connectivity index (χ3v) is 4.25. The molecule has 24 heavy (non-hydrogen) atoms. The van der Waals surface area contributed by atoms with E-state index in [1.165, 1.54) is 11.8 Å². The third kappa shape index (κ3) is 4.14. The third-order valence-electron chi connectivity index (χ3n) is 3.42. The molecule has 0 fully saturated rings. The topological polar surface area (TPSA) is 89.7 Å². The van der Waals surface area contributed by atoms with Crippen LogP contribution in [-0.2, 0) is 12.2 Å². The van der Waals surface area contributed by atoms with E-state index in [9.17, 15) is 0 Å². The second kappa shape index (κ2) is 7.96. The van der Waals surface area contributed by atoms with Gasteiger partial charge in [-0.2, -0.15) is 4.98 Å². The van der Waals surface area contributed by atoms with Crippen molar-refractivity contribution in [3.63, 3.8) is 0 Å². The van der Waals surface area contributed by atoms with Crippen LogP contribution in [0.15, 0.2) is 33.9 Å². The molecule has 126 valence electrons. The van der Waals surface area contributed by atoms with Crippen LogP contribution in [0.3, 0.4) is 0 Å². The molecule has 8 heteroatoms. The van der Waals surface area contributed by atoms with Crippen molar-refractivity contribution in [2.75, 3.05) is 7.11 Å². The Kier molecular flexibility index (Phi) is 5.47. The lowest BCUT2D eigenvalue weighted by Crippen LogP contribution is -1.88. The highest BCUT2D eigenvalue weighted by Gasteiger charge is 2.10.